The largest absolute Gasteiger partial charge is 0.501 e. The molecule has 0 aromatic rings. The van der Waals surface area contributed by atoms with Crippen molar-refractivity contribution in [3.05, 3.63) is 23.5 Å². The van der Waals surface area contributed by atoms with Crippen LogP contribution in [0.4, 0.5) is 0 Å². The molecule has 1 heterocycles. The van der Waals surface area contributed by atoms with Crippen molar-refractivity contribution in [3.63, 3.8) is 0 Å². The number of methoxy groups -OCH3 is 1. The zero-order valence-corrected chi connectivity index (χ0v) is 8.88. The van der Waals surface area contributed by atoms with Crippen LogP contribution in [-0.2, 0) is 4.74 Å². The van der Waals surface area contributed by atoms with E-state index in [1.54, 1.807) is 12.7 Å². The molecule has 1 fully saturated rings. The smallest absolute Gasteiger partial charge is 0.0956 e. The normalized spacial score (nSPS) is 27.9. The summed E-state index contributed by atoms with van der Waals surface area (Å²) in [6.07, 6.45) is 10.6. The van der Waals surface area contributed by atoms with Crippen molar-refractivity contribution in [2.75, 3.05) is 13.7 Å². The summed E-state index contributed by atoms with van der Waals surface area (Å²) in [5, 5.41) is 3.58. The van der Waals surface area contributed by atoms with Crippen LogP contribution in [0, 0.1) is 0 Å². The second-order valence-corrected chi connectivity index (χ2v) is 4.06. The Bertz CT molecular complexity index is 249. The summed E-state index contributed by atoms with van der Waals surface area (Å²) in [6.45, 7) is 1.18. The molecule has 1 atom stereocenters. The first-order valence-electron chi connectivity index (χ1n) is 5.55. The van der Waals surface area contributed by atoms with Crippen molar-refractivity contribution < 1.29 is 4.74 Å². The lowest BCUT2D eigenvalue weighted by Crippen LogP contribution is -2.35. The fraction of sp³-hybridized carbons (Fsp3) is 0.667. The van der Waals surface area contributed by atoms with E-state index in [-0.39, 0.29) is 0 Å². The second-order valence-electron chi connectivity index (χ2n) is 4.06. The maximum atomic E-state index is 5.22. The second kappa shape index (κ2) is 4.65. The zero-order valence-electron chi connectivity index (χ0n) is 8.88. The van der Waals surface area contributed by atoms with Gasteiger partial charge in [-0.15, -0.1) is 0 Å². The lowest BCUT2D eigenvalue weighted by Gasteiger charge is -2.27. The quantitative estimate of drug-likeness (QED) is 0.680. The Morgan fingerprint density at radius 1 is 1.29 bits per heavy atom. The molecule has 1 N–H and O–H groups in total. The van der Waals surface area contributed by atoms with E-state index in [1.165, 1.54) is 25.8 Å². The number of allylic oxidation sites excluding steroid dienone is 2. The van der Waals surface area contributed by atoms with Crippen molar-refractivity contribution in [3.8, 4) is 0 Å². The summed E-state index contributed by atoms with van der Waals surface area (Å²) in [5.41, 5.74) is 1.56. The molecule has 2 aliphatic rings. The van der Waals surface area contributed by atoms with E-state index < -0.39 is 0 Å². The van der Waals surface area contributed by atoms with Crippen molar-refractivity contribution in [2.24, 2.45) is 0 Å². The first-order valence-corrected chi connectivity index (χ1v) is 5.55. The van der Waals surface area contributed by atoms with Crippen LogP contribution in [0.25, 0.3) is 0 Å². The number of hydrogen-bond acceptors (Lipinski definition) is 2. The summed E-state index contributed by atoms with van der Waals surface area (Å²) in [4.78, 5) is 0. The summed E-state index contributed by atoms with van der Waals surface area (Å²) < 4.78 is 5.22. The minimum Gasteiger partial charge on any atom is -0.501 e. The molecule has 0 bridgehead atoms. The molecule has 0 spiro atoms. The standard InChI is InChI=1S/C12H19NO/c1-14-11-7-5-10(6-8-11)12-4-2-3-9-13-12/h5,8,12-13H,2-4,6-7,9H2,1H3/t12-/m0/s1. The van der Waals surface area contributed by atoms with Crippen LogP contribution in [-0.4, -0.2) is 19.7 Å². The Balaban J connectivity index is 1.90. The molecule has 0 aromatic heterocycles. The predicted octanol–water partition coefficient (Wildman–Crippen LogP) is 2.38. The van der Waals surface area contributed by atoms with E-state index in [2.05, 4.69) is 17.5 Å². The van der Waals surface area contributed by atoms with Gasteiger partial charge in [0.15, 0.2) is 0 Å². The van der Waals surface area contributed by atoms with Gasteiger partial charge in [-0.25, -0.2) is 0 Å². The van der Waals surface area contributed by atoms with Gasteiger partial charge >= 0.3 is 0 Å². The third kappa shape index (κ3) is 2.18. The van der Waals surface area contributed by atoms with Crippen molar-refractivity contribution in [1.82, 2.24) is 5.32 Å². The van der Waals surface area contributed by atoms with Gasteiger partial charge in [0.25, 0.3) is 0 Å². The van der Waals surface area contributed by atoms with Gasteiger partial charge < -0.3 is 10.1 Å². The Kier molecular flexibility index (Phi) is 3.25. The van der Waals surface area contributed by atoms with Gasteiger partial charge in [0.2, 0.25) is 0 Å². The molecule has 14 heavy (non-hydrogen) atoms. The molecule has 2 nitrogen and oxygen atoms in total. The van der Waals surface area contributed by atoms with Crippen LogP contribution in [0.1, 0.15) is 32.1 Å². The molecule has 1 aliphatic carbocycles. The summed E-state index contributed by atoms with van der Waals surface area (Å²) in [7, 11) is 1.75. The number of piperidine rings is 1. The third-order valence-corrected chi connectivity index (χ3v) is 3.15. The van der Waals surface area contributed by atoms with Crippen LogP contribution < -0.4 is 5.32 Å². The number of nitrogens with one attached hydrogen (secondary N) is 1. The average Bonchev–Trinajstić information content (AvgIpc) is 2.30. The maximum Gasteiger partial charge on any atom is 0.0956 e. The average molecular weight is 193 g/mol. The number of ether oxygens (including phenoxy) is 1. The third-order valence-electron chi connectivity index (χ3n) is 3.15. The van der Waals surface area contributed by atoms with Gasteiger partial charge in [-0.2, -0.15) is 0 Å². The lowest BCUT2D eigenvalue weighted by molar-refractivity contribution is 0.281. The first kappa shape index (κ1) is 9.78. The highest BCUT2D eigenvalue weighted by Crippen LogP contribution is 2.24. The number of hydrogen-bond donors (Lipinski definition) is 1. The molecule has 0 saturated carbocycles. The van der Waals surface area contributed by atoms with Gasteiger partial charge in [-0.1, -0.05) is 18.1 Å². The molecule has 0 amide bonds. The Morgan fingerprint density at radius 3 is 2.79 bits per heavy atom. The van der Waals surface area contributed by atoms with Gasteiger partial charge in [0.1, 0.15) is 0 Å². The molecule has 0 radical (unpaired) electrons. The molecule has 78 valence electrons. The van der Waals surface area contributed by atoms with E-state index in [0.29, 0.717) is 6.04 Å². The molecular weight excluding hydrogens is 174 g/mol. The first-order chi connectivity index (χ1) is 6.90. The van der Waals surface area contributed by atoms with Gasteiger partial charge in [0.05, 0.1) is 12.9 Å². The highest BCUT2D eigenvalue weighted by atomic mass is 16.5. The van der Waals surface area contributed by atoms with Crippen molar-refractivity contribution in [2.45, 2.75) is 38.1 Å². The fourth-order valence-corrected chi connectivity index (χ4v) is 2.25. The fourth-order valence-electron chi connectivity index (χ4n) is 2.25. The zero-order chi connectivity index (χ0) is 9.80. The van der Waals surface area contributed by atoms with E-state index in [0.717, 1.165) is 18.6 Å². The molecule has 0 aromatic carbocycles. The monoisotopic (exact) mass is 193 g/mol. The van der Waals surface area contributed by atoms with Crippen molar-refractivity contribution in [1.29, 1.82) is 0 Å². The molecule has 2 heteroatoms. The Hall–Kier alpha value is -0.760. The van der Waals surface area contributed by atoms with Gasteiger partial charge in [0, 0.05) is 12.5 Å². The molecule has 2 rings (SSSR count). The maximum absolute atomic E-state index is 5.22. The highest BCUT2D eigenvalue weighted by Gasteiger charge is 2.18. The van der Waals surface area contributed by atoms with E-state index in [4.69, 9.17) is 4.74 Å². The predicted molar refractivity (Wildman–Crippen MR) is 58.1 cm³/mol. The Morgan fingerprint density at radius 2 is 2.21 bits per heavy atom. The topological polar surface area (TPSA) is 21.3 Å². The summed E-state index contributed by atoms with van der Waals surface area (Å²) in [5.74, 6) is 1.12. The summed E-state index contributed by atoms with van der Waals surface area (Å²) >= 11 is 0. The molecule has 1 aliphatic heterocycles. The van der Waals surface area contributed by atoms with Crippen LogP contribution in [0.15, 0.2) is 23.5 Å². The van der Waals surface area contributed by atoms with Gasteiger partial charge in [-0.3, -0.25) is 0 Å². The SMILES string of the molecule is COC1=CCC([C@@H]2CCCCN2)=CC1. The van der Waals surface area contributed by atoms with Crippen LogP contribution in [0.5, 0.6) is 0 Å². The van der Waals surface area contributed by atoms with E-state index in [1.807, 2.05) is 0 Å². The van der Waals surface area contributed by atoms with Crippen LogP contribution in [0.3, 0.4) is 0 Å². The molecule has 1 saturated heterocycles. The van der Waals surface area contributed by atoms with Gasteiger partial charge in [-0.05, 0) is 31.9 Å². The van der Waals surface area contributed by atoms with Crippen LogP contribution in [0.2, 0.25) is 0 Å². The number of rotatable bonds is 2. The highest BCUT2D eigenvalue weighted by molar-refractivity contribution is 5.23. The van der Waals surface area contributed by atoms with E-state index in [9.17, 15) is 0 Å². The van der Waals surface area contributed by atoms with E-state index >= 15 is 0 Å². The minimum absolute atomic E-state index is 0.637. The lowest BCUT2D eigenvalue weighted by atomic mass is 9.92. The van der Waals surface area contributed by atoms with Crippen LogP contribution >= 0.6 is 0 Å². The Labute approximate surface area is 86.0 Å². The molecule has 0 unspecified atom stereocenters. The summed E-state index contributed by atoms with van der Waals surface area (Å²) in [6, 6.07) is 0.637. The minimum atomic E-state index is 0.637. The molecular formula is C12H19NO. The van der Waals surface area contributed by atoms with Crippen molar-refractivity contribution >= 4 is 0 Å².